The molecule has 5 rings (SSSR count). The zero-order valence-electron chi connectivity index (χ0n) is 20.1. The highest BCUT2D eigenvalue weighted by atomic mass is 32.2. The van der Waals surface area contributed by atoms with Crippen molar-refractivity contribution >= 4 is 55.7 Å². The number of amides is 3. The van der Waals surface area contributed by atoms with Crippen LogP contribution in [-0.4, -0.2) is 50.0 Å². The Kier molecular flexibility index (Phi) is 6.55. The number of rotatable bonds is 6. The summed E-state index contributed by atoms with van der Waals surface area (Å²) in [6, 6.07) is 13.5. The van der Waals surface area contributed by atoms with E-state index in [1.165, 1.54) is 12.3 Å². The van der Waals surface area contributed by atoms with Crippen LogP contribution in [0.2, 0.25) is 0 Å². The molecule has 3 aromatic rings. The average Bonchev–Trinajstić information content (AvgIpc) is 3.23. The lowest BCUT2D eigenvalue weighted by Gasteiger charge is -2.27. The summed E-state index contributed by atoms with van der Waals surface area (Å²) in [4.78, 5) is 44.8. The molecule has 2 aliphatic heterocycles. The molecule has 3 amide bonds. The number of carbonyl (C=O) groups is 3. The van der Waals surface area contributed by atoms with Crippen LogP contribution in [0.1, 0.15) is 36.0 Å². The number of fused-ring (bicyclic) bond motifs is 1. The van der Waals surface area contributed by atoms with Gasteiger partial charge in [-0.3, -0.25) is 14.4 Å². The Hall–Kier alpha value is -3.99. The van der Waals surface area contributed by atoms with E-state index in [0.29, 0.717) is 35.2 Å². The predicted octanol–water partition coefficient (Wildman–Crippen LogP) is 2.45. The molecule has 1 unspecified atom stereocenters. The van der Waals surface area contributed by atoms with Gasteiger partial charge in [0.15, 0.2) is 0 Å². The van der Waals surface area contributed by atoms with E-state index in [4.69, 9.17) is 5.73 Å². The number of hydrogen-bond donors (Lipinski definition) is 2. The van der Waals surface area contributed by atoms with Gasteiger partial charge in [0.2, 0.25) is 21.8 Å². The van der Waals surface area contributed by atoms with Crippen molar-refractivity contribution in [2.75, 3.05) is 34.4 Å². The predicted molar refractivity (Wildman–Crippen MR) is 141 cm³/mol. The maximum atomic E-state index is 12.8. The third-order valence-electron chi connectivity index (χ3n) is 6.76. The van der Waals surface area contributed by atoms with Crippen molar-refractivity contribution in [1.29, 1.82) is 0 Å². The van der Waals surface area contributed by atoms with Crippen LogP contribution in [0.25, 0.3) is 10.8 Å². The smallest absolute Gasteiger partial charge is 0.264 e. The van der Waals surface area contributed by atoms with Gasteiger partial charge in [-0.1, -0.05) is 0 Å². The number of benzene rings is 2. The van der Waals surface area contributed by atoms with Crippen LogP contribution < -0.4 is 20.3 Å². The van der Waals surface area contributed by atoms with Crippen molar-refractivity contribution in [1.82, 2.24) is 9.71 Å². The Morgan fingerprint density at radius 2 is 1.73 bits per heavy atom. The van der Waals surface area contributed by atoms with Gasteiger partial charge in [-0.25, -0.2) is 18.1 Å². The summed E-state index contributed by atoms with van der Waals surface area (Å²) >= 11 is 0. The number of nitrogen functional groups attached to an aromatic ring is 1. The lowest BCUT2D eigenvalue weighted by Crippen LogP contribution is -2.35. The third kappa shape index (κ3) is 5.26. The number of sulfonamides is 1. The molecule has 0 aliphatic carbocycles. The topological polar surface area (TPSA) is 143 Å². The molecule has 1 atom stereocenters. The molecule has 0 bridgehead atoms. The van der Waals surface area contributed by atoms with Crippen molar-refractivity contribution < 1.29 is 22.8 Å². The van der Waals surface area contributed by atoms with Crippen molar-refractivity contribution in [2.45, 2.75) is 25.7 Å². The van der Waals surface area contributed by atoms with Crippen molar-refractivity contribution in [3.8, 4) is 0 Å². The van der Waals surface area contributed by atoms with Gasteiger partial charge < -0.3 is 15.5 Å². The number of nitrogens with two attached hydrogens (primary N) is 1. The average molecular weight is 522 g/mol. The van der Waals surface area contributed by atoms with Crippen LogP contribution in [-0.2, 0) is 19.6 Å². The molecule has 2 aliphatic rings. The van der Waals surface area contributed by atoms with Crippen molar-refractivity contribution in [2.24, 2.45) is 5.92 Å². The Bertz CT molecular complexity index is 1490. The van der Waals surface area contributed by atoms with Gasteiger partial charge in [-0.2, -0.15) is 0 Å². The van der Waals surface area contributed by atoms with Gasteiger partial charge in [-0.05, 0) is 66.8 Å². The molecule has 192 valence electrons. The molecule has 0 saturated carbocycles. The normalized spacial score (nSPS) is 18.4. The number of hydrogen-bond acceptors (Lipinski definition) is 7. The maximum Gasteiger partial charge on any atom is 0.264 e. The van der Waals surface area contributed by atoms with Gasteiger partial charge in [0, 0.05) is 60.4 Å². The Balaban J connectivity index is 1.22. The van der Waals surface area contributed by atoms with Crippen molar-refractivity contribution in [3.05, 3.63) is 60.3 Å². The van der Waals surface area contributed by atoms with E-state index in [-0.39, 0.29) is 36.1 Å². The monoisotopic (exact) mass is 521 g/mol. The lowest BCUT2D eigenvalue weighted by atomic mass is 10.1. The fourth-order valence-corrected chi connectivity index (χ4v) is 6.26. The van der Waals surface area contributed by atoms with Gasteiger partial charge in [-0.15, -0.1) is 0 Å². The van der Waals surface area contributed by atoms with E-state index in [1.807, 2.05) is 12.1 Å². The Morgan fingerprint density at radius 1 is 1.00 bits per heavy atom. The zero-order valence-corrected chi connectivity index (χ0v) is 20.9. The van der Waals surface area contributed by atoms with Crippen LogP contribution in [0.3, 0.4) is 0 Å². The Morgan fingerprint density at radius 3 is 2.46 bits per heavy atom. The number of carbonyl (C=O) groups excluding carboxylic acids is 3. The quantitative estimate of drug-likeness (QED) is 0.507. The summed E-state index contributed by atoms with van der Waals surface area (Å²) in [5.41, 5.74) is 7.44. The minimum Gasteiger partial charge on any atom is -0.383 e. The molecular weight excluding hydrogens is 494 g/mol. The highest BCUT2D eigenvalue weighted by Crippen LogP contribution is 2.29. The summed E-state index contributed by atoms with van der Waals surface area (Å²) in [7, 11) is -3.99. The SMILES string of the molecule is Nc1nccc2cc(C(=O)NS(=O)(=O)CC3CC(=O)N(c4ccc(N5CCCCC5=O)cc4)C3)ccc12. The van der Waals surface area contributed by atoms with Gasteiger partial charge in [0.1, 0.15) is 5.82 Å². The number of aromatic nitrogens is 1. The summed E-state index contributed by atoms with van der Waals surface area (Å²) in [6.07, 6.45) is 3.96. The molecule has 1 aromatic heterocycles. The van der Waals surface area contributed by atoms with Gasteiger partial charge >= 0.3 is 0 Å². The molecular formula is C26H27N5O5S. The number of nitrogens with one attached hydrogen (secondary N) is 1. The van der Waals surface area contributed by atoms with Crippen molar-refractivity contribution in [3.63, 3.8) is 0 Å². The molecule has 2 saturated heterocycles. The first-order chi connectivity index (χ1) is 17.7. The highest BCUT2D eigenvalue weighted by molar-refractivity contribution is 7.90. The first-order valence-electron chi connectivity index (χ1n) is 12.1. The molecule has 0 spiro atoms. The fourth-order valence-electron chi connectivity index (χ4n) is 4.93. The molecule has 11 heteroatoms. The van der Waals surface area contributed by atoms with Crippen LogP contribution in [0.4, 0.5) is 17.2 Å². The molecule has 0 radical (unpaired) electrons. The summed E-state index contributed by atoms with van der Waals surface area (Å²) in [5, 5.41) is 1.34. The van der Waals surface area contributed by atoms with E-state index in [0.717, 1.165) is 18.5 Å². The Labute approximate surface area is 214 Å². The molecule has 10 nitrogen and oxygen atoms in total. The van der Waals surface area contributed by atoms with E-state index < -0.39 is 21.8 Å². The molecule has 37 heavy (non-hydrogen) atoms. The van der Waals surface area contributed by atoms with Crippen LogP contribution in [0, 0.1) is 5.92 Å². The zero-order chi connectivity index (χ0) is 26.2. The molecule has 3 heterocycles. The second-order valence-electron chi connectivity index (χ2n) is 9.44. The summed E-state index contributed by atoms with van der Waals surface area (Å²) in [5.74, 6) is -1.35. The van der Waals surface area contributed by atoms with E-state index >= 15 is 0 Å². The van der Waals surface area contributed by atoms with Gasteiger partial charge in [0.25, 0.3) is 5.91 Å². The van der Waals surface area contributed by atoms with Crippen LogP contribution in [0.15, 0.2) is 54.7 Å². The van der Waals surface area contributed by atoms with E-state index in [2.05, 4.69) is 9.71 Å². The third-order valence-corrected chi connectivity index (χ3v) is 8.17. The number of nitrogens with zero attached hydrogens (tertiary/aromatic N) is 3. The summed E-state index contributed by atoms with van der Waals surface area (Å²) < 4.78 is 27.6. The number of anilines is 3. The largest absolute Gasteiger partial charge is 0.383 e. The fraction of sp³-hybridized carbons (Fsp3) is 0.308. The summed E-state index contributed by atoms with van der Waals surface area (Å²) in [6.45, 7) is 0.898. The highest BCUT2D eigenvalue weighted by Gasteiger charge is 2.34. The molecule has 2 fully saturated rings. The van der Waals surface area contributed by atoms with Crippen LogP contribution in [0.5, 0.6) is 0 Å². The lowest BCUT2D eigenvalue weighted by molar-refractivity contribution is -0.119. The van der Waals surface area contributed by atoms with E-state index in [9.17, 15) is 22.8 Å². The first-order valence-corrected chi connectivity index (χ1v) is 13.8. The minimum atomic E-state index is -3.99. The number of pyridine rings is 1. The number of piperidine rings is 1. The standard InChI is InChI=1S/C26H27N5O5S/c27-25-22-9-4-19(14-18(22)10-11-28-25)26(34)29-37(35,36)16-17-13-24(33)31(15-17)21-7-5-20(6-8-21)30-12-2-1-3-23(30)32/h4-11,14,17H,1-3,12-13,15-16H2,(H2,27,28)(H,29,34). The molecule has 3 N–H and O–H groups in total. The first kappa shape index (κ1) is 24.7. The molecule has 2 aromatic carbocycles. The van der Waals surface area contributed by atoms with Crippen LogP contribution >= 0.6 is 0 Å². The minimum absolute atomic E-state index is 0.0592. The van der Waals surface area contributed by atoms with Gasteiger partial charge in [0.05, 0.1) is 5.75 Å². The van der Waals surface area contributed by atoms with E-state index in [1.54, 1.807) is 40.1 Å². The second kappa shape index (κ2) is 9.81. The second-order valence-corrected chi connectivity index (χ2v) is 11.2. The maximum absolute atomic E-state index is 12.8.